The summed E-state index contributed by atoms with van der Waals surface area (Å²) in [5.74, 6) is 1.17. The monoisotopic (exact) mass is 301 g/mol. The molecule has 0 radical (unpaired) electrons. The van der Waals surface area contributed by atoms with Crippen LogP contribution in [0.15, 0.2) is 30.5 Å². The minimum atomic E-state index is -0.276. The highest BCUT2D eigenvalue weighted by Gasteiger charge is 2.32. The van der Waals surface area contributed by atoms with Crippen molar-refractivity contribution in [2.45, 2.75) is 26.2 Å². The van der Waals surface area contributed by atoms with Crippen molar-refractivity contribution in [1.82, 2.24) is 14.9 Å². The van der Waals surface area contributed by atoms with Crippen LogP contribution in [0.2, 0.25) is 0 Å². The lowest BCUT2D eigenvalue weighted by Crippen LogP contribution is -2.29. The number of rotatable bonds is 4. The highest BCUT2D eigenvalue weighted by molar-refractivity contribution is 5.79. The zero-order chi connectivity index (χ0) is 15.7. The van der Waals surface area contributed by atoms with Crippen LogP contribution in [0.1, 0.15) is 32.0 Å². The molecule has 1 aliphatic rings. The summed E-state index contributed by atoms with van der Waals surface area (Å²) in [4.78, 5) is 21.5. The molecule has 5 heteroatoms. The molecule has 0 aliphatic carbocycles. The number of hydrogen-bond donors (Lipinski definition) is 1. The summed E-state index contributed by atoms with van der Waals surface area (Å²) >= 11 is 0. The maximum absolute atomic E-state index is 13.8. The molecule has 3 rings (SSSR count). The number of H-pyrrole nitrogens is 1. The molecule has 0 saturated carbocycles. The number of aromatic amines is 1. The Morgan fingerprint density at radius 2 is 2.18 bits per heavy atom. The minimum absolute atomic E-state index is 0.0618. The number of amides is 1. The molecular formula is C17H20FN3O. The summed E-state index contributed by atoms with van der Waals surface area (Å²) in [7, 11) is 0. The van der Waals surface area contributed by atoms with Crippen molar-refractivity contribution < 1.29 is 9.18 Å². The van der Waals surface area contributed by atoms with Gasteiger partial charge in [-0.25, -0.2) is 9.37 Å². The molecule has 1 fully saturated rings. The van der Waals surface area contributed by atoms with E-state index in [0.29, 0.717) is 30.1 Å². The van der Waals surface area contributed by atoms with E-state index in [4.69, 9.17) is 0 Å². The van der Waals surface area contributed by atoms with Gasteiger partial charge in [0.2, 0.25) is 5.91 Å². The molecule has 22 heavy (non-hydrogen) atoms. The molecule has 1 unspecified atom stereocenters. The van der Waals surface area contributed by atoms with Gasteiger partial charge in [-0.1, -0.05) is 26.0 Å². The first-order valence-electron chi connectivity index (χ1n) is 7.62. The fourth-order valence-electron chi connectivity index (χ4n) is 2.93. The summed E-state index contributed by atoms with van der Waals surface area (Å²) < 4.78 is 13.8. The third kappa shape index (κ3) is 2.89. The van der Waals surface area contributed by atoms with Gasteiger partial charge in [0.05, 0.1) is 11.9 Å². The van der Waals surface area contributed by atoms with Crippen LogP contribution < -0.4 is 0 Å². The van der Waals surface area contributed by atoms with Crippen LogP contribution in [-0.2, 0) is 4.79 Å². The van der Waals surface area contributed by atoms with Gasteiger partial charge in [0.15, 0.2) is 0 Å². The zero-order valence-electron chi connectivity index (χ0n) is 12.8. The number of carbonyl (C=O) groups excluding carboxylic acids is 1. The highest BCUT2D eigenvalue weighted by atomic mass is 19.1. The minimum Gasteiger partial charge on any atom is -0.342 e. The molecular weight excluding hydrogens is 281 g/mol. The zero-order valence-corrected chi connectivity index (χ0v) is 12.8. The van der Waals surface area contributed by atoms with Crippen molar-refractivity contribution in [3.05, 3.63) is 42.1 Å². The number of nitrogens with one attached hydrogen (secondary N) is 1. The van der Waals surface area contributed by atoms with Crippen molar-refractivity contribution in [1.29, 1.82) is 0 Å². The number of likely N-dealkylation sites (tertiary alicyclic amines) is 1. The molecule has 1 aromatic carbocycles. The molecule has 1 saturated heterocycles. The lowest BCUT2D eigenvalue weighted by Gasteiger charge is -2.18. The van der Waals surface area contributed by atoms with Crippen LogP contribution in [0.25, 0.3) is 11.3 Å². The Balaban J connectivity index is 1.78. The number of imidazole rings is 1. The van der Waals surface area contributed by atoms with Gasteiger partial charge in [-0.2, -0.15) is 0 Å². The van der Waals surface area contributed by atoms with Crippen molar-refractivity contribution in [2.75, 3.05) is 13.1 Å². The van der Waals surface area contributed by atoms with Gasteiger partial charge in [-0.15, -0.1) is 0 Å². The topological polar surface area (TPSA) is 49.0 Å². The molecule has 4 nitrogen and oxygen atoms in total. The molecule has 2 aromatic rings. The second kappa shape index (κ2) is 5.91. The fourth-order valence-corrected chi connectivity index (χ4v) is 2.93. The molecule has 1 aliphatic heterocycles. The number of hydrogen-bond acceptors (Lipinski definition) is 2. The number of nitrogens with zero attached hydrogens (tertiary/aromatic N) is 2. The van der Waals surface area contributed by atoms with Crippen LogP contribution in [0.4, 0.5) is 4.39 Å². The first-order valence-corrected chi connectivity index (χ1v) is 7.62. The van der Waals surface area contributed by atoms with Crippen LogP contribution in [0.5, 0.6) is 0 Å². The number of halogens is 1. The van der Waals surface area contributed by atoms with Crippen molar-refractivity contribution in [3.63, 3.8) is 0 Å². The Kier molecular flexibility index (Phi) is 3.96. The molecule has 0 bridgehead atoms. The lowest BCUT2D eigenvalue weighted by atomic mass is 10.1. The van der Waals surface area contributed by atoms with E-state index in [-0.39, 0.29) is 17.6 Å². The number of carbonyl (C=O) groups is 1. The van der Waals surface area contributed by atoms with E-state index in [1.807, 2.05) is 4.90 Å². The predicted octanol–water partition coefficient (Wildman–Crippen LogP) is 3.19. The van der Waals surface area contributed by atoms with Crippen molar-refractivity contribution in [3.8, 4) is 11.3 Å². The Bertz CT molecular complexity index is 680. The van der Waals surface area contributed by atoms with Crippen LogP contribution in [-0.4, -0.2) is 33.9 Å². The van der Waals surface area contributed by atoms with Gasteiger partial charge in [0.25, 0.3) is 0 Å². The number of aromatic nitrogens is 2. The Hall–Kier alpha value is -2.17. The first-order chi connectivity index (χ1) is 10.5. The summed E-state index contributed by atoms with van der Waals surface area (Å²) in [6.07, 6.45) is 2.11. The Morgan fingerprint density at radius 1 is 1.41 bits per heavy atom. The third-order valence-corrected chi connectivity index (χ3v) is 3.95. The molecule has 2 heterocycles. The summed E-state index contributed by atoms with van der Waals surface area (Å²) in [5.41, 5.74) is 1.16. The van der Waals surface area contributed by atoms with Gasteiger partial charge in [-0.05, 0) is 18.1 Å². The molecule has 1 amide bonds. The maximum atomic E-state index is 13.8. The standard InChI is InChI=1S/C17H20FN3O/c1-11(2)9-21-10-12(7-16(21)22)17-19-8-15(20-17)13-5-3-4-6-14(13)18/h3-6,8,11-12H,7,9-10H2,1-2H3,(H,19,20). The van der Waals surface area contributed by atoms with Crippen molar-refractivity contribution in [2.24, 2.45) is 5.92 Å². The fraction of sp³-hybridized carbons (Fsp3) is 0.412. The highest BCUT2D eigenvalue weighted by Crippen LogP contribution is 2.29. The summed E-state index contributed by atoms with van der Waals surface area (Å²) in [6.45, 7) is 5.66. The van der Waals surface area contributed by atoms with E-state index < -0.39 is 0 Å². The van der Waals surface area contributed by atoms with E-state index >= 15 is 0 Å². The predicted molar refractivity (Wildman–Crippen MR) is 82.8 cm³/mol. The van der Waals surface area contributed by atoms with Crippen molar-refractivity contribution >= 4 is 5.91 Å². The second-order valence-electron chi connectivity index (χ2n) is 6.26. The van der Waals surface area contributed by atoms with Crippen LogP contribution >= 0.6 is 0 Å². The number of benzene rings is 1. The van der Waals surface area contributed by atoms with Crippen LogP contribution in [0, 0.1) is 11.7 Å². The molecule has 1 aromatic heterocycles. The van der Waals surface area contributed by atoms with E-state index in [9.17, 15) is 9.18 Å². The Morgan fingerprint density at radius 3 is 2.91 bits per heavy atom. The normalized spacial score (nSPS) is 18.5. The first kappa shape index (κ1) is 14.8. The molecule has 0 spiro atoms. The van der Waals surface area contributed by atoms with Gasteiger partial charge < -0.3 is 9.88 Å². The Labute approximate surface area is 129 Å². The largest absolute Gasteiger partial charge is 0.342 e. The van der Waals surface area contributed by atoms with Gasteiger partial charge in [-0.3, -0.25) is 4.79 Å². The smallest absolute Gasteiger partial charge is 0.223 e. The van der Waals surface area contributed by atoms with E-state index in [0.717, 1.165) is 12.4 Å². The quantitative estimate of drug-likeness (QED) is 0.943. The average molecular weight is 301 g/mol. The summed E-state index contributed by atoms with van der Waals surface area (Å²) in [6, 6.07) is 6.61. The van der Waals surface area contributed by atoms with E-state index in [1.54, 1.807) is 24.4 Å². The SMILES string of the molecule is CC(C)CN1CC(c2ncc(-c3ccccc3F)[nH]2)CC1=O. The van der Waals surface area contributed by atoms with Gasteiger partial charge in [0.1, 0.15) is 11.6 Å². The molecule has 116 valence electrons. The van der Waals surface area contributed by atoms with Gasteiger partial charge in [0, 0.05) is 31.0 Å². The third-order valence-electron chi connectivity index (χ3n) is 3.95. The molecule has 1 atom stereocenters. The second-order valence-corrected chi connectivity index (χ2v) is 6.26. The van der Waals surface area contributed by atoms with Gasteiger partial charge >= 0.3 is 0 Å². The maximum Gasteiger partial charge on any atom is 0.223 e. The summed E-state index contributed by atoms with van der Waals surface area (Å²) in [5, 5.41) is 0. The molecule has 1 N–H and O–H groups in total. The van der Waals surface area contributed by atoms with E-state index in [2.05, 4.69) is 23.8 Å². The van der Waals surface area contributed by atoms with E-state index in [1.165, 1.54) is 6.07 Å². The van der Waals surface area contributed by atoms with Crippen LogP contribution in [0.3, 0.4) is 0 Å². The lowest BCUT2D eigenvalue weighted by molar-refractivity contribution is -0.128. The average Bonchev–Trinajstić information content (AvgIpc) is 3.07.